The van der Waals surface area contributed by atoms with Crippen LogP contribution in [0.25, 0.3) is 5.57 Å². The quantitative estimate of drug-likeness (QED) is 0.163. The molecule has 0 amide bonds. The molecule has 0 N–H and O–H groups in total. The van der Waals surface area contributed by atoms with Gasteiger partial charge in [0.2, 0.25) is 0 Å². The standard InChI is InChI=1S/C36H30Se2/c1-27-34(30-21-11-4-12-22-30)36(27,38-32-25-15-6-16-26-32)35(37-31-23-13-5-14-24-31)33(28-17-7-2-8-18-28)29-19-9-3-10-20-29/h2-27,34H,1H3/t27-,34+,36-/m0/s1. The monoisotopic (exact) mass is 622 g/mol. The van der Waals surface area contributed by atoms with Crippen LogP contribution in [0.3, 0.4) is 0 Å². The van der Waals surface area contributed by atoms with E-state index in [0.29, 0.717) is 11.8 Å². The van der Waals surface area contributed by atoms with Gasteiger partial charge in [0, 0.05) is 0 Å². The van der Waals surface area contributed by atoms with E-state index in [2.05, 4.69) is 159 Å². The minimum absolute atomic E-state index is 0.104. The molecule has 0 radical (unpaired) electrons. The molecule has 1 fully saturated rings. The Labute approximate surface area is 239 Å². The maximum absolute atomic E-state index is 2.50. The molecule has 1 saturated carbocycles. The van der Waals surface area contributed by atoms with Gasteiger partial charge < -0.3 is 0 Å². The van der Waals surface area contributed by atoms with Crippen molar-refractivity contribution in [2.75, 3.05) is 0 Å². The topological polar surface area (TPSA) is 0 Å². The van der Waals surface area contributed by atoms with E-state index in [-0.39, 0.29) is 34.2 Å². The molecule has 0 unspecified atom stereocenters. The van der Waals surface area contributed by atoms with E-state index >= 15 is 0 Å². The van der Waals surface area contributed by atoms with Gasteiger partial charge in [0.15, 0.2) is 0 Å². The van der Waals surface area contributed by atoms with Gasteiger partial charge in [-0.2, -0.15) is 0 Å². The molecule has 0 heterocycles. The van der Waals surface area contributed by atoms with Crippen molar-refractivity contribution in [2.24, 2.45) is 5.92 Å². The van der Waals surface area contributed by atoms with E-state index in [1.54, 1.807) is 4.47 Å². The van der Waals surface area contributed by atoms with Gasteiger partial charge in [-0.15, -0.1) is 0 Å². The van der Waals surface area contributed by atoms with Crippen molar-refractivity contribution in [1.82, 2.24) is 0 Å². The molecule has 0 saturated heterocycles. The molecule has 0 aliphatic heterocycles. The first-order valence-corrected chi connectivity index (χ1v) is 16.6. The van der Waals surface area contributed by atoms with Gasteiger partial charge in [-0.1, -0.05) is 0 Å². The van der Waals surface area contributed by atoms with E-state index in [9.17, 15) is 0 Å². The molecule has 0 spiro atoms. The molecular formula is C36H30Se2. The molecular weight excluding hydrogens is 590 g/mol. The number of rotatable bonds is 8. The Kier molecular flexibility index (Phi) is 7.50. The second-order valence-corrected chi connectivity index (χ2v) is 14.8. The SMILES string of the molecule is C[C@H]1[C@H](c2ccccc2)[C@]1([Se]c1ccccc1)C([Se]c1ccccc1)=C(c1ccccc1)c1ccccc1. The predicted octanol–water partition coefficient (Wildman–Crippen LogP) is 7.10. The van der Waals surface area contributed by atoms with Crippen LogP contribution in [0.15, 0.2) is 156 Å². The molecule has 1 aliphatic carbocycles. The van der Waals surface area contributed by atoms with Crippen molar-refractivity contribution in [3.8, 4) is 0 Å². The summed E-state index contributed by atoms with van der Waals surface area (Å²) in [5.74, 6) is 1.07. The van der Waals surface area contributed by atoms with E-state index < -0.39 is 0 Å². The molecule has 2 heteroatoms. The van der Waals surface area contributed by atoms with Gasteiger partial charge in [-0.3, -0.25) is 0 Å². The summed E-state index contributed by atoms with van der Waals surface area (Å²) in [7, 11) is 0. The third-order valence-electron chi connectivity index (χ3n) is 7.39. The molecule has 5 aromatic rings. The zero-order valence-corrected chi connectivity index (χ0v) is 24.8. The Balaban J connectivity index is 1.64. The Morgan fingerprint density at radius 2 is 0.947 bits per heavy atom. The Bertz CT molecular complexity index is 1460. The predicted molar refractivity (Wildman–Crippen MR) is 164 cm³/mol. The summed E-state index contributed by atoms with van der Waals surface area (Å²) in [5.41, 5.74) is 5.54. The fourth-order valence-electron chi connectivity index (χ4n) is 5.53. The van der Waals surface area contributed by atoms with Crippen molar-refractivity contribution < 1.29 is 0 Å². The molecule has 5 aromatic carbocycles. The third kappa shape index (κ3) is 4.98. The van der Waals surface area contributed by atoms with Crippen molar-refractivity contribution in [3.05, 3.63) is 173 Å². The second kappa shape index (κ2) is 11.3. The van der Waals surface area contributed by atoms with E-state index in [1.807, 2.05) is 0 Å². The zero-order chi connectivity index (χ0) is 25.8. The van der Waals surface area contributed by atoms with E-state index in [0.717, 1.165) is 0 Å². The van der Waals surface area contributed by atoms with Crippen molar-refractivity contribution >= 4 is 44.4 Å². The Hall–Kier alpha value is -3.12. The fraction of sp³-hybridized carbons (Fsp3) is 0.111. The van der Waals surface area contributed by atoms with Crippen LogP contribution in [0.1, 0.15) is 29.5 Å². The number of hydrogen-bond donors (Lipinski definition) is 0. The fourth-order valence-corrected chi connectivity index (χ4v) is 12.6. The van der Waals surface area contributed by atoms with Gasteiger partial charge in [0.25, 0.3) is 0 Å². The summed E-state index contributed by atoms with van der Waals surface area (Å²) in [6, 6.07) is 55.9. The van der Waals surface area contributed by atoms with Crippen molar-refractivity contribution in [1.29, 1.82) is 0 Å². The van der Waals surface area contributed by atoms with Crippen LogP contribution in [0.2, 0.25) is 4.31 Å². The average molecular weight is 621 g/mol. The zero-order valence-electron chi connectivity index (χ0n) is 21.4. The summed E-state index contributed by atoms with van der Waals surface area (Å²) >= 11 is 0.450. The third-order valence-corrected chi connectivity index (χ3v) is 14.2. The summed E-state index contributed by atoms with van der Waals surface area (Å²) in [4.78, 5) is 0. The number of allylic oxidation sites excluding steroid dienone is 1. The molecule has 0 aromatic heterocycles. The Morgan fingerprint density at radius 3 is 1.45 bits per heavy atom. The van der Waals surface area contributed by atoms with Crippen molar-refractivity contribution in [3.63, 3.8) is 0 Å². The first kappa shape index (κ1) is 25.2. The normalized spacial score (nSPS) is 20.0. The number of benzene rings is 5. The molecule has 1 aliphatic rings. The average Bonchev–Trinajstić information content (AvgIpc) is 3.58. The van der Waals surface area contributed by atoms with Gasteiger partial charge in [0.1, 0.15) is 0 Å². The molecule has 38 heavy (non-hydrogen) atoms. The van der Waals surface area contributed by atoms with Gasteiger partial charge in [0.05, 0.1) is 0 Å². The molecule has 186 valence electrons. The summed E-state index contributed by atoms with van der Waals surface area (Å²) in [6.45, 7) is 2.50. The first-order chi connectivity index (χ1) is 18.8. The van der Waals surface area contributed by atoms with Gasteiger partial charge in [-0.05, 0) is 0 Å². The molecule has 3 atom stereocenters. The summed E-state index contributed by atoms with van der Waals surface area (Å²) in [5, 5.41) is 0. The van der Waals surface area contributed by atoms with Crippen LogP contribution < -0.4 is 8.92 Å². The van der Waals surface area contributed by atoms with Crippen LogP contribution in [0.5, 0.6) is 0 Å². The Morgan fingerprint density at radius 1 is 0.526 bits per heavy atom. The molecule has 0 bridgehead atoms. The maximum atomic E-state index is 2.50. The summed E-state index contributed by atoms with van der Waals surface area (Å²) in [6.07, 6.45) is 0. The van der Waals surface area contributed by atoms with Gasteiger partial charge >= 0.3 is 240 Å². The molecule has 0 nitrogen and oxygen atoms in total. The van der Waals surface area contributed by atoms with Crippen LogP contribution in [-0.2, 0) is 0 Å². The first-order valence-electron chi connectivity index (χ1n) is 13.1. The second-order valence-electron chi connectivity index (χ2n) is 9.74. The summed E-state index contributed by atoms with van der Waals surface area (Å²) < 4.78 is 4.66. The van der Waals surface area contributed by atoms with E-state index in [1.165, 1.54) is 31.2 Å². The minimum atomic E-state index is 0.104. The van der Waals surface area contributed by atoms with Crippen molar-refractivity contribution in [2.45, 2.75) is 17.2 Å². The van der Waals surface area contributed by atoms with Crippen LogP contribution in [0.4, 0.5) is 0 Å². The molecule has 6 rings (SSSR count). The van der Waals surface area contributed by atoms with Crippen LogP contribution in [0, 0.1) is 5.92 Å². The van der Waals surface area contributed by atoms with Crippen LogP contribution in [-0.4, -0.2) is 29.9 Å². The van der Waals surface area contributed by atoms with Gasteiger partial charge in [-0.25, -0.2) is 0 Å². The van der Waals surface area contributed by atoms with Crippen LogP contribution >= 0.6 is 0 Å². The van der Waals surface area contributed by atoms with E-state index in [4.69, 9.17) is 0 Å². The number of hydrogen-bond acceptors (Lipinski definition) is 0.